The van der Waals surface area contributed by atoms with Gasteiger partial charge in [0.2, 0.25) is 0 Å². The molecule has 1 amide bonds. The van der Waals surface area contributed by atoms with Gasteiger partial charge in [0.15, 0.2) is 0 Å². The molecule has 1 aromatic carbocycles. The number of aliphatic hydroxyl groups is 1. The smallest absolute Gasteiger partial charge is 0.252 e. The lowest BCUT2D eigenvalue weighted by atomic mass is 9.79. The van der Waals surface area contributed by atoms with Crippen molar-refractivity contribution >= 4 is 21.8 Å². The molecule has 3 nitrogen and oxygen atoms in total. The van der Waals surface area contributed by atoms with E-state index in [2.05, 4.69) is 28.2 Å². The highest BCUT2D eigenvalue weighted by atomic mass is 79.9. The van der Waals surface area contributed by atoms with E-state index in [-0.39, 0.29) is 18.0 Å². The molecule has 1 aliphatic rings. The largest absolute Gasteiger partial charge is 0.388 e. The fraction of sp³-hybridized carbons (Fsp3) is 0.533. The molecular weight excluding hydrogens is 325 g/mol. The minimum absolute atomic E-state index is 0.210. The molecular formula is C15H19BrFNO2. The average molecular weight is 344 g/mol. The zero-order chi connectivity index (χ0) is 14.8. The van der Waals surface area contributed by atoms with Crippen LogP contribution in [-0.4, -0.2) is 23.2 Å². The van der Waals surface area contributed by atoms with Gasteiger partial charge in [-0.1, -0.05) is 6.92 Å². The summed E-state index contributed by atoms with van der Waals surface area (Å²) in [4.78, 5) is 12.0. The van der Waals surface area contributed by atoms with E-state index in [4.69, 9.17) is 0 Å². The Kier molecular flexibility index (Phi) is 4.81. The molecule has 2 rings (SSSR count). The standard InChI is InChI=1S/C15H19BrFNO2/c1-10-4-6-15(20,7-5-10)9-18-14(19)12-8-11(17)2-3-13(12)16/h2-3,8,10,20H,4-7,9H2,1H3,(H,18,19). The summed E-state index contributed by atoms with van der Waals surface area (Å²) in [5.74, 6) is -0.199. The molecule has 0 aromatic heterocycles. The minimum atomic E-state index is -0.831. The summed E-state index contributed by atoms with van der Waals surface area (Å²) < 4.78 is 13.7. The Morgan fingerprint density at radius 3 is 2.80 bits per heavy atom. The Hall–Kier alpha value is -0.940. The number of hydrogen-bond donors (Lipinski definition) is 2. The molecule has 0 aliphatic heterocycles. The van der Waals surface area contributed by atoms with Crippen molar-refractivity contribution in [2.75, 3.05) is 6.54 Å². The summed E-state index contributed by atoms with van der Waals surface area (Å²) in [6.45, 7) is 2.38. The van der Waals surface area contributed by atoms with E-state index in [1.165, 1.54) is 18.2 Å². The predicted octanol–water partition coefficient (Wildman–Crippen LogP) is 3.26. The highest BCUT2D eigenvalue weighted by molar-refractivity contribution is 9.10. The molecule has 1 fully saturated rings. The molecule has 1 aromatic rings. The third kappa shape index (κ3) is 3.79. The fourth-order valence-electron chi connectivity index (χ4n) is 2.49. The second-order valence-electron chi connectivity index (χ2n) is 5.71. The number of halogens is 2. The molecule has 2 N–H and O–H groups in total. The first kappa shape index (κ1) is 15.4. The van der Waals surface area contributed by atoms with Crippen molar-refractivity contribution in [3.63, 3.8) is 0 Å². The number of hydrogen-bond acceptors (Lipinski definition) is 2. The van der Waals surface area contributed by atoms with E-state index in [0.717, 1.165) is 12.8 Å². The zero-order valence-corrected chi connectivity index (χ0v) is 13.0. The van der Waals surface area contributed by atoms with Gasteiger partial charge in [0, 0.05) is 11.0 Å². The Labute approximate surface area is 126 Å². The number of amides is 1. The van der Waals surface area contributed by atoms with Crippen molar-refractivity contribution in [1.82, 2.24) is 5.32 Å². The molecule has 0 radical (unpaired) electrons. The van der Waals surface area contributed by atoms with Gasteiger partial charge in [-0.25, -0.2) is 4.39 Å². The van der Waals surface area contributed by atoms with E-state index in [1.807, 2.05) is 0 Å². The lowest BCUT2D eigenvalue weighted by molar-refractivity contribution is -0.00540. The predicted molar refractivity (Wildman–Crippen MR) is 79.0 cm³/mol. The van der Waals surface area contributed by atoms with Gasteiger partial charge in [-0.05, 0) is 65.7 Å². The van der Waals surface area contributed by atoms with Crippen LogP contribution in [0.4, 0.5) is 4.39 Å². The van der Waals surface area contributed by atoms with Gasteiger partial charge in [-0.15, -0.1) is 0 Å². The Balaban J connectivity index is 1.97. The molecule has 1 saturated carbocycles. The zero-order valence-electron chi connectivity index (χ0n) is 11.5. The molecule has 20 heavy (non-hydrogen) atoms. The summed E-state index contributed by atoms with van der Waals surface area (Å²) in [7, 11) is 0. The van der Waals surface area contributed by atoms with E-state index in [1.54, 1.807) is 0 Å². The molecule has 5 heteroatoms. The maximum atomic E-state index is 13.2. The number of rotatable bonds is 3. The van der Waals surface area contributed by atoms with Gasteiger partial charge < -0.3 is 10.4 Å². The van der Waals surface area contributed by atoms with Crippen LogP contribution in [-0.2, 0) is 0 Å². The van der Waals surface area contributed by atoms with Crippen molar-refractivity contribution in [2.45, 2.75) is 38.2 Å². The molecule has 0 saturated heterocycles. The second-order valence-corrected chi connectivity index (χ2v) is 6.57. The Bertz CT molecular complexity index is 499. The van der Waals surface area contributed by atoms with Gasteiger partial charge in [0.1, 0.15) is 5.82 Å². The lowest BCUT2D eigenvalue weighted by Gasteiger charge is -2.34. The number of nitrogens with one attached hydrogen (secondary N) is 1. The van der Waals surface area contributed by atoms with E-state index >= 15 is 0 Å². The Morgan fingerprint density at radius 2 is 2.15 bits per heavy atom. The van der Waals surface area contributed by atoms with Gasteiger partial charge in [-0.2, -0.15) is 0 Å². The van der Waals surface area contributed by atoms with E-state index < -0.39 is 11.4 Å². The van der Waals surface area contributed by atoms with E-state index in [0.29, 0.717) is 23.2 Å². The summed E-state index contributed by atoms with van der Waals surface area (Å²) in [6.07, 6.45) is 3.32. The number of benzene rings is 1. The van der Waals surface area contributed by atoms with Crippen LogP contribution in [0.2, 0.25) is 0 Å². The average Bonchev–Trinajstić information content (AvgIpc) is 2.43. The summed E-state index contributed by atoms with van der Waals surface area (Å²) >= 11 is 3.23. The van der Waals surface area contributed by atoms with Crippen LogP contribution in [0.5, 0.6) is 0 Å². The van der Waals surface area contributed by atoms with Gasteiger partial charge in [0.25, 0.3) is 5.91 Å². The highest BCUT2D eigenvalue weighted by Gasteiger charge is 2.32. The van der Waals surface area contributed by atoms with Crippen molar-refractivity contribution in [2.24, 2.45) is 5.92 Å². The first-order chi connectivity index (χ1) is 9.39. The van der Waals surface area contributed by atoms with Crippen LogP contribution in [0.15, 0.2) is 22.7 Å². The molecule has 0 bridgehead atoms. The van der Waals surface area contributed by atoms with Crippen LogP contribution in [0, 0.1) is 11.7 Å². The van der Waals surface area contributed by atoms with Gasteiger partial charge >= 0.3 is 0 Å². The molecule has 110 valence electrons. The second kappa shape index (κ2) is 6.22. The quantitative estimate of drug-likeness (QED) is 0.884. The van der Waals surface area contributed by atoms with Crippen molar-refractivity contribution in [3.05, 3.63) is 34.1 Å². The fourth-order valence-corrected chi connectivity index (χ4v) is 2.91. The highest BCUT2D eigenvalue weighted by Crippen LogP contribution is 2.31. The van der Waals surface area contributed by atoms with Crippen molar-refractivity contribution in [1.29, 1.82) is 0 Å². The van der Waals surface area contributed by atoms with Crippen LogP contribution >= 0.6 is 15.9 Å². The molecule has 0 unspecified atom stereocenters. The van der Waals surface area contributed by atoms with Crippen LogP contribution < -0.4 is 5.32 Å². The first-order valence-electron chi connectivity index (χ1n) is 6.85. The normalized spacial score (nSPS) is 26.3. The molecule has 0 spiro atoms. The van der Waals surface area contributed by atoms with Crippen LogP contribution in [0.3, 0.4) is 0 Å². The summed E-state index contributed by atoms with van der Waals surface area (Å²) in [5.41, 5.74) is -0.583. The van der Waals surface area contributed by atoms with Crippen LogP contribution in [0.1, 0.15) is 43.0 Å². The molecule has 0 atom stereocenters. The van der Waals surface area contributed by atoms with Crippen molar-refractivity contribution in [3.8, 4) is 0 Å². The van der Waals surface area contributed by atoms with Gasteiger partial charge in [-0.3, -0.25) is 4.79 Å². The lowest BCUT2D eigenvalue weighted by Crippen LogP contribution is -2.45. The SMILES string of the molecule is CC1CCC(O)(CNC(=O)c2cc(F)ccc2Br)CC1. The monoisotopic (exact) mass is 343 g/mol. The topological polar surface area (TPSA) is 49.3 Å². The van der Waals surface area contributed by atoms with Gasteiger partial charge in [0.05, 0.1) is 11.2 Å². The third-order valence-corrected chi connectivity index (χ3v) is 4.65. The molecule has 0 heterocycles. The third-order valence-electron chi connectivity index (χ3n) is 3.96. The van der Waals surface area contributed by atoms with Crippen molar-refractivity contribution < 1.29 is 14.3 Å². The number of carbonyl (C=O) groups is 1. The summed E-state index contributed by atoms with van der Waals surface area (Å²) in [6, 6.07) is 3.98. The van der Waals surface area contributed by atoms with E-state index in [9.17, 15) is 14.3 Å². The maximum Gasteiger partial charge on any atom is 0.252 e. The minimum Gasteiger partial charge on any atom is -0.388 e. The maximum absolute atomic E-state index is 13.2. The van der Waals surface area contributed by atoms with Crippen LogP contribution in [0.25, 0.3) is 0 Å². The summed E-state index contributed by atoms with van der Waals surface area (Å²) in [5, 5.41) is 13.1. The first-order valence-corrected chi connectivity index (χ1v) is 7.64. The Morgan fingerprint density at radius 1 is 1.50 bits per heavy atom. The molecule has 1 aliphatic carbocycles. The number of carbonyl (C=O) groups excluding carboxylic acids is 1.